The lowest BCUT2D eigenvalue weighted by Crippen LogP contribution is -2.27. The van der Waals surface area contributed by atoms with Gasteiger partial charge in [0.25, 0.3) is 5.69 Å². The van der Waals surface area contributed by atoms with Crippen LogP contribution < -0.4 is 24.3 Å². The molecule has 0 heterocycles. The fraction of sp³-hybridized carbons (Fsp3) is 0.355. The van der Waals surface area contributed by atoms with Gasteiger partial charge >= 0.3 is 12.1 Å². The summed E-state index contributed by atoms with van der Waals surface area (Å²) in [6, 6.07) is 9.73. The summed E-state index contributed by atoms with van der Waals surface area (Å²) < 4.78 is 33.6. The van der Waals surface area contributed by atoms with Gasteiger partial charge in [-0.05, 0) is 69.2 Å². The molecular weight excluding hydrogens is 576 g/mol. The van der Waals surface area contributed by atoms with Gasteiger partial charge < -0.3 is 33.5 Å². The molecule has 0 saturated heterocycles. The van der Waals surface area contributed by atoms with E-state index in [9.17, 15) is 24.8 Å². The number of amides is 1. The van der Waals surface area contributed by atoms with Crippen molar-refractivity contribution in [3.05, 3.63) is 69.3 Å². The van der Waals surface area contributed by atoms with Crippen LogP contribution in [-0.2, 0) is 16.1 Å². The van der Waals surface area contributed by atoms with Crippen LogP contribution >= 0.6 is 0 Å². The number of non-ortho nitro benzene ring substituents is 1. The summed E-state index contributed by atoms with van der Waals surface area (Å²) >= 11 is 0. The van der Waals surface area contributed by atoms with Crippen LogP contribution in [0.2, 0.25) is 0 Å². The largest absolute Gasteiger partial charge is 0.495 e. The molecule has 1 unspecified atom stereocenters. The third-order valence-electron chi connectivity index (χ3n) is 6.39. The number of hydrogen-bond acceptors (Lipinski definition) is 11. The molecule has 236 valence electrons. The van der Waals surface area contributed by atoms with E-state index in [4.69, 9.17) is 28.4 Å². The fourth-order valence-electron chi connectivity index (χ4n) is 4.47. The summed E-state index contributed by atoms with van der Waals surface area (Å²) in [5, 5.41) is 24.1. The van der Waals surface area contributed by atoms with E-state index in [0.29, 0.717) is 28.0 Å². The second kappa shape index (κ2) is 14.0. The number of hydrogen-bond donors (Lipinski definition) is 2. The summed E-state index contributed by atoms with van der Waals surface area (Å²) in [5.41, 5.74) is 0.925. The number of nitro groups is 1. The Labute approximate surface area is 254 Å². The number of methoxy groups -OCH3 is 4. The van der Waals surface area contributed by atoms with Gasteiger partial charge in [-0.3, -0.25) is 15.4 Å². The van der Waals surface area contributed by atoms with Crippen LogP contribution in [-0.4, -0.2) is 56.1 Å². The number of anilines is 1. The van der Waals surface area contributed by atoms with Crippen molar-refractivity contribution in [2.45, 2.75) is 46.0 Å². The monoisotopic (exact) mass is 612 g/mol. The molecule has 3 aromatic rings. The fourth-order valence-corrected chi connectivity index (χ4v) is 4.47. The van der Waals surface area contributed by atoms with E-state index in [-0.39, 0.29) is 34.2 Å². The number of aliphatic hydroxyl groups excluding tert-OH is 1. The molecule has 0 aliphatic rings. The van der Waals surface area contributed by atoms with Crippen molar-refractivity contribution in [3.63, 3.8) is 0 Å². The molecule has 3 rings (SSSR count). The zero-order valence-corrected chi connectivity index (χ0v) is 25.8. The lowest BCUT2D eigenvalue weighted by atomic mass is 9.91. The first-order valence-electron chi connectivity index (χ1n) is 13.4. The Morgan fingerprint density at radius 2 is 1.55 bits per heavy atom. The maximum atomic E-state index is 13.1. The zero-order chi connectivity index (χ0) is 32.8. The summed E-state index contributed by atoms with van der Waals surface area (Å²) in [4.78, 5) is 36.3. The summed E-state index contributed by atoms with van der Waals surface area (Å²) in [5.74, 6) is 0.257. The number of ether oxygens (including phenoxy) is 6. The third kappa shape index (κ3) is 7.48. The molecule has 1 amide bonds. The number of rotatable bonds is 11. The number of carbonyl (C=O) groups excluding carboxylic acids is 2. The molecule has 0 spiro atoms. The molecule has 13 nitrogen and oxygen atoms in total. The molecule has 3 aromatic carbocycles. The highest BCUT2D eigenvalue weighted by molar-refractivity contribution is 5.92. The predicted octanol–water partition coefficient (Wildman–Crippen LogP) is 6.05. The molecular formula is C31H36N2O11. The normalized spacial score (nSPS) is 11.7. The summed E-state index contributed by atoms with van der Waals surface area (Å²) in [7, 11) is 5.72. The average molecular weight is 613 g/mol. The van der Waals surface area contributed by atoms with E-state index < -0.39 is 35.3 Å². The first kappa shape index (κ1) is 33.5. The Morgan fingerprint density at radius 1 is 0.932 bits per heavy atom. The summed E-state index contributed by atoms with van der Waals surface area (Å²) in [6.07, 6.45) is -1.72. The van der Waals surface area contributed by atoms with Gasteiger partial charge in [0.05, 0.1) is 51.2 Å². The summed E-state index contributed by atoms with van der Waals surface area (Å²) in [6.45, 7) is 6.34. The number of carbonyl (C=O) groups is 2. The van der Waals surface area contributed by atoms with E-state index in [0.717, 1.165) is 0 Å². The number of nitrogens with zero attached hydrogens (tertiary/aromatic N) is 1. The Kier molecular flexibility index (Phi) is 10.6. The van der Waals surface area contributed by atoms with Crippen LogP contribution in [0.5, 0.6) is 23.0 Å². The lowest BCUT2D eigenvalue weighted by Gasteiger charge is -2.25. The van der Waals surface area contributed by atoms with Crippen molar-refractivity contribution in [2.24, 2.45) is 0 Å². The molecule has 0 bridgehead atoms. The molecule has 1 atom stereocenters. The van der Waals surface area contributed by atoms with Crippen molar-refractivity contribution in [2.75, 3.05) is 33.8 Å². The minimum absolute atomic E-state index is 0.0874. The van der Waals surface area contributed by atoms with Gasteiger partial charge in [-0.25, -0.2) is 9.59 Å². The van der Waals surface area contributed by atoms with Crippen molar-refractivity contribution in [3.8, 4) is 34.1 Å². The smallest absolute Gasteiger partial charge is 0.412 e. The van der Waals surface area contributed by atoms with E-state index in [1.165, 1.54) is 52.7 Å². The van der Waals surface area contributed by atoms with Crippen LogP contribution in [0.3, 0.4) is 0 Å². The van der Waals surface area contributed by atoms with Crippen LogP contribution in [0.15, 0.2) is 42.5 Å². The van der Waals surface area contributed by atoms with Crippen LogP contribution in [0.4, 0.5) is 16.2 Å². The van der Waals surface area contributed by atoms with Gasteiger partial charge in [-0.15, -0.1) is 0 Å². The number of aliphatic hydroxyl groups is 1. The maximum Gasteiger partial charge on any atom is 0.412 e. The highest BCUT2D eigenvalue weighted by atomic mass is 16.6. The molecule has 13 heteroatoms. The van der Waals surface area contributed by atoms with Crippen LogP contribution in [0.1, 0.15) is 55.3 Å². The van der Waals surface area contributed by atoms with Gasteiger partial charge in [-0.2, -0.15) is 0 Å². The van der Waals surface area contributed by atoms with Gasteiger partial charge in [-0.1, -0.05) is 0 Å². The lowest BCUT2D eigenvalue weighted by molar-refractivity contribution is -0.384. The number of nitrogens with one attached hydrogen (secondary N) is 1. The number of esters is 1. The Balaban J connectivity index is 2.24. The van der Waals surface area contributed by atoms with E-state index in [1.807, 2.05) is 0 Å². The molecule has 0 saturated carbocycles. The molecule has 0 fully saturated rings. The van der Waals surface area contributed by atoms with Crippen molar-refractivity contribution >= 4 is 23.4 Å². The molecule has 0 radical (unpaired) electrons. The average Bonchev–Trinajstić information content (AvgIpc) is 2.98. The number of nitro benzene ring substituents is 1. The van der Waals surface area contributed by atoms with Crippen LogP contribution in [0.25, 0.3) is 11.1 Å². The highest BCUT2D eigenvalue weighted by Crippen LogP contribution is 2.50. The van der Waals surface area contributed by atoms with E-state index in [2.05, 4.69) is 5.32 Å². The van der Waals surface area contributed by atoms with Gasteiger partial charge in [0.2, 0.25) is 5.75 Å². The Bertz CT molecular complexity index is 1530. The second-order valence-corrected chi connectivity index (χ2v) is 10.5. The molecule has 2 N–H and O–H groups in total. The minimum Gasteiger partial charge on any atom is -0.495 e. The van der Waals surface area contributed by atoms with Gasteiger partial charge in [0.1, 0.15) is 17.5 Å². The molecule has 0 aromatic heterocycles. The van der Waals surface area contributed by atoms with Crippen molar-refractivity contribution in [1.82, 2.24) is 0 Å². The molecule has 44 heavy (non-hydrogen) atoms. The standard InChI is InChI=1S/C31H36N2O11/c1-17(43-29(35)18-9-11-20(12-10-18)33(37)38)21-14-23(32-30(36)44-31(2,3)4)24(39-5)15-22(21)26-19(16-34)13-25(40-6)27(41-7)28(26)42-8/h9-15,17,34H,16H2,1-8H3,(H,32,36). The topological polar surface area (TPSA) is 165 Å². The van der Waals surface area contributed by atoms with Crippen molar-refractivity contribution < 1.29 is 48.0 Å². The molecule has 0 aliphatic carbocycles. The first-order chi connectivity index (χ1) is 20.8. The van der Waals surface area contributed by atoms with Gasteiger partial charge in [0.15, 0.2) is 11.5 Å². The van der Waals surface area contributed by atoms with E-state index in [1.54, 1.807) is 45.9 Å². The predicted molar refractivity (Wildman–Crippen MR) is 161 cm³/mol. The first-order valence-corrected chi connectivity index (χ1v) is 13.4. The zero-order valence-electron chi connectivity index (χ0n) is 25.8. The molecule has 0 aliphatic heterocycles. The van der Waals surface area contributed by atoms with Crippen LogP contribution in [0, 0.1) is 10.1 Å². The Hall–Kier alpha value is -5.04. The Morgan fingerprint density at radius 3 is 2.05 bits per heavy atom. The maximum absolute atomic E-state index is 13.1. The van der Waals surface area contributed by atoms with Gasteiger partial charge in [0, 0.05) is 23.3 Å². The SMILES string of the molecule is COc1cc(-c2c(CO)cc(OC)c(OC)c2OC)c(C(C)OC(=O)c2ccc([N+](=O)[O-])cc2)cc1NC(=O)OC(C)(C)C. The number of benzene rings is 3. The quantitative estimate of drug-likeness (QED) is 0.147. The van der Waals surface area contributed by atoms with Crippen molar-refractivity contribution in [1.29, 1.82) is 0 Å². The van der Waals surface area contributed by atoms with E-state index >= 15 is 0 Å². The second-order valence-electron chi connectivity index (χ2n) is 10.5. The minimum atomic E-state index is -0.970. The third-order valence-corrected chi connectivity index (χ3v) is 6.39. The highest BCUT2D eigenvalue weighted by Gasteiger charge is 2.28.